The molecule has 19 heavy (non-hydrogen) atoms. The van der Waals surface area contributed by atoms with Gasteiger partial charge in [0.15, 0.2) is 5.69 Å². The summed E-state index contributed by atoms with van der Waals surface area (Å²) in [4.78, 5) is 15.8. The van der Waals surface area contributed by atoms with Crippen LogP contribution in [0.15, 0.2) is 12.1 Å². The van der Waals surface area contributed by atoms with E-state index in [4.69, 9.17) is 0 Å². The highest BCUT2D eigenvalue weighted by molar-refractivity contribution is 5.94. The maximum absolute atomic E-state index is 11.4. The molecule has 0 fully saturated rings. The molecule has 0 amide bonds. The topological polar surface area (TPSA) is 55.1 Å². The van der Waals surface area contributed by atoms with Crippen LogP contribution in [0, 0.1) is 27.7 Å². The minimum absolute atomic E-state index is 0.240. The Hall–Kier alpha value is -2.10. The summed E-state index contributed by atoms with van der Waals surface area (Å²) in [5, 5.41) is 9.38. The molecule has 0 bridgehead atoms. The van der Waals surface area contributed by atoms with Crippen LogP contribution in [0.2, 0.25) is 0 Å². The number of imidazole rings is 1. The molecule has 4 nitrogen and oxygen atoms in total. The summed E-state index contributed by atoms with van der Waals surface area (Å²) >= 11 is 0. The lowest BCUT2D eigenvalue weighted by molar-refractivity contribution is 0.0687. The zero-order valence-electron chi connectivity index (χ0n) is 11.9. The lowest BCUT2D eigenvalue weighted by Crippen LogP contribution is -2.07. The highest BCUT2D eigenvalue weighted by Gasteiger charge is 2.21. The Bertz CT molecular complexity index is 669. The standard InChI is InChI=1S/C15H18N2O2/c1-8-6-10(3)12(7-9(8)2)13-14(15(18)19)17(5)11(4)16-13/h6-7H,1-5H3,(H,18,19). The SMILES string of the molecule is Cc1cc(C)c(-c2nc(C)n(C)c2C(=O)O)cc1C. The van der Waals surface area contributed by atoms with E-state index >= 15 is 0 Å². The Morgan fingerprint density at radius 2 is 1.68 bits per heavy atom. The second-order valence-corrected chi connectivity index (χ2v) is 4.97. The maximum Gasteiger partial charge on any atom is 0.354 e. The maximum atomic E-state index is 11.4. The first-order valence-corrected chi connectivity index (χ1v) is 6.17. The van der Waals surface area contributed by atoms with Gasteiger partial charge in [0.1, 0.15) is 11.5 Å². The highest BCUT2D eigenvalue weighted by atomic mass is 16.4. The Morgan fingerprint density at radius 3 is 2.26 bits per heavy atom. The lowest BCUT2D eigenvalue weighted by Gasteiger charge is -2.09. The molecule has 0 atom stereocenters. The molecule has 1 aromatic heterocycles. The Labute approximate surface area is 112 Å². The number of hydrogen-bond donors (Lipinski definition) is 1. The van der Waals surface area contributed by atoms with Crippen LogP contribution in [0.1, 0.15) is 33.0 Å². The van der Waals surface area contributed by atoms with Crippen LogP contribution in [0.5, 0.6) is 0 Å². The van der Waals surface area contributed by atoms with E-state index in [2.05, 4.69) is 11.1 Å². The molecule has 0 saturated heterocycles. The average molecular weight is 258 g/mol. The van der Waals surface area contributed by atoms with Crippen molar-refractivity contribution in [3.63, 3.8) is 0 Å². The second-order valence-electron chi connectivity index (χ2n) is 4.97. The van der Waals surface area contributed by atoms with Crippen LogP contribution < -0.4 is 0 Å². The fraction of sp³-hybridized carbons (Fsp3) is 0.333. The second kappa shape index (κ2) is 4.53. The van der Waals surface area contributed by atoms with Crippen molar-refractivity contribution in [3.8, 4) is 11.3 Å². The third-order valence-corrected chi connectivity index (χ3v) is 3.62. The number of carboxylic acid groups (broad SMARTS) is 1. The van der Waals surface area contributed by atoms with E-state index in [1.54, 1.807) is 11.6 Å². The van der Waals surface area contributed by atoms with Crippen LogP contribution in [0.3, 0.4) is 0 Å². The van der Waals surface area contributed by atoms with Gasteiger partial charge in [0.25, 0.3) is 0 Å². The summed E-state index contributed by atoms with van der Waals surface area (Å²) in [5.41, 5.74) is 5.07. The van der Waals surface area contributed by atoms with Gasteiger partial charge in [-0.2, -0.15) is 0 Å². The molecule has 1 heterocycles. The number of aromatic nitrogens is 2. The van der Waals surface area contributed by atoms with Crippen LogP contribution in [-0.4, -0.2) is 20.6 Å². The number of carboxylic acids is 1. The summed E-state index contributed by atoms with van der Waals surface area (Å²) in [5.74, 6) is -0.249. The van der Waals surface area contributed by atoms with Crippen LogP contribution in [-0.2, 0) is 7.05 Å². The Balaban J connectivity index is 2.76. The number of nitrogens with zero attached hydrogens (tertiary/aromatic N) is 2. The normalized spacial score (nSPS) is 10.8. The van der Waals surface area contributed by atoms with Gasteiger partial charge in [0, 0.05) is 12.6 Å². The fourth-order valence-corrected chi connectivity index (χ4v) is 2.26. The van der Waals surface area contributed by atoms with E-state index in [0.717, 1.165) is 16.7 Å². The van der Waals surface area contributed by atoms with E-state index in [1.807, 2.05) is 33.8 Å². The fourth-order valence-electron chi connectivity index (χ4n) is 2.26. The van der Waals surface area contributed by atoms with Crippen LogP contribution in [0.25, 0.3) is 11.3 Å². The molecule has 2 aromatic rings. The zero-order valence-corrected chi connectivity index (χ0v) is 11.9. The van der Waals surface area contributed by atoms with Crippen molar-refractivity contribution >= 4 is 5.97 Å². The summed E-state index contributed by atoms with van der Waals surface area (Å²) in [6.45, 7) is 7.87. The summed E-state index contributed by atoms with van der Waals surface area (Å²) in [6, 6.07) is 4.08. The molecule has 100 valence electrons. The van der Waals surface area contributed by atoms with Crippen LogP contribution in [0.4, 0.5) is 0 Å². The zero-order chi connectivity index (χ0) is 14.3. The summed E-state index contributed by atoms with van der Waals surface area (Å²) in [6.07, 6.45) is 0. The number of hydrogen-bond acceptors (Lipinski definition) is 2. The molecule has 0 aliphatic rings. The van der Waals surface area contributed by atoms with Crippen LogP contribution >= 0.6 is 0 Å². The van der Waals surface area contributed by atoms with Crippen molar-refractivity contribution in [3.05, 3.63) is 40.3 Å². The molecule has 0 aliphatic heterocycles. The number of aromatic carboxylic acids is 1. The number of carbonyl (C=O) groups is 1. The van der Waals surface area contributed by atoms with Gasteiger partial charge in [-0.1, -0.05) is 6.07 Å². The number of rotatable bonds is 2. The van der Waals surface area contributed by atoms with Gasteiger partial charge < -0.3 is 9.67 Å². The first-order chi connectivity index (χ1) is 8.82. The van der Waals surface area contributed by atoms with Gasteiger partial charge in [0.05, 0.1) is 0 Å². The predicted molar refractivity (Wildman–Crippen MR) is 74.6 cm³/mol. The van der Waals surface area contributed by atoms with E-state index in [-0.39, 0.29) is 5.69 Å². The molecule has 4 heteroatoms. The molecule has 0 spiro atoms. The lowest BCUT2D eigenvalue weighted by atomic mass is 9.98. The monoisotopic (exact) mass is 258 g/mol. The third kappa shape index (κ3) is 2.14. The van der Waals surface area contributed by atoms with Crippen molar-refractivity contribution in [2.24, 2.45) is 7.05 Å². The number of benzene rings is 1. The molecule has 0 aliphatic carbocycles. The molecule has 0 radical (unpaired) electrons. The van der Waals surface area contributed by atoms with Gasteiger partial charge in [0.2, 0.25) is 0 Å². The van der Waals surface area contributed by atoms with Crippen molar-refractivity contribution < 1.29 is 9.90 Å². The molecular weight excluding hydrogens is 240 g/mol. The van der Waals surface area contributed by atoms with E-state index < -0.39 is 5.97 Å². The molecule has 2 rings (SSSR count). The molecule has 0 saturated carbocycles. The minimum Gasteiger partial charge on any atom is -0.477 e. The predicted octanol–water partition coefficient (Wildman–Crippen LogP) is 3.02. The van der Waals surface area contributed by atoms with Gasteiger partial charge >= 0.3 is 5.97 Å². The largest absolute Gasteiger partial charge is 0.477 e. The van der Waals surface area contributed by atoms with Gasteiger partial charge in [-0.15, -0.1) is 0 Å². The van der Waals surface area contributed by atoms with Gasteiger partial charge in [-0.3, -0.25) is 0 Å². The quantitative estimate of drug-likeness (QED) is 0.900. The first-order valence-electron chi connectivity index (χ1n) is 6.17. The number of aryl methyl sites for hydroxylation is 4. The van der Waals surface area contributed by atoms with E-state index in [1.165, 1.54) is 5.56 Å². The van der Waals surface area contributed by atoms with Gasteiger partial charge in [-0.05, 0) is 50.5 Å². The van der Waals surface area contributed by atoms with Crippen molar-refractivity contribution in [2.75, 3.05) is 0 Å². The first kappa shape index (κ1) is 13.3. The molecule has 0 unspecified atom stereocenters. The van der Waals surface area contributed by atoms with Crippen molar-refractivity contribution in [1.29, 1.82) is 0 Å². The molecular formula is C15H18N2O2. The van der Waals surface area contributed by atoms with E-state index in [0.29, 0.717) is 11.5 Å². The molecule has 1 N–H and O–H groups in total. The van der Waals surface area contributed by atoms with Crippen molar-refractivity contribution in [1.82, 2.24) is 9.55 Å². The van der Waals surface area contributed by atoms with Gasteiger partial charge in [-0.25, -0.2) is 9.78 Å². The highest BCUT2D eigenvalue weighted by Crippen LogP contribution is 2.29. The summed E-state index contributed by atoms with van der Waals surface area (Å²) in [7, 11) is 1.73. The third-order valence-electron chi connectivity index (χ3n) is 3.62. The van der Waals surface area contributed by atoms with E-state index in [9.17, 15) is 9.90 Å². The van der Waals surface area contributed by atoms with Crippen molar-refractivity contribution in [2.45, 2.75) is 27.7 Å². The molecule has 1 aromatic carbocycles. The Morgan fingerprint density at radius 1 is 1.11 bits per heavy atom. The smallest absolute Gasteiger partial charge is 0.354 e. The summed E-state index contributed by atoms with van der Waals surface area (Å²) < 4.78 is 1.62. The minimum atomic E-state index is -0.948. The average Bonchev–Trinajstić information content (AvgIpc) is 2.60. The Kier molecular flexibility index (Phi) is 3.18.